The first kappa shape index (κ1) is 15.6. The third-order valence-electron chi connectivity index (χ3n) is 3.93. The Balaban J connectivity index is 1.74. The SMILES string of the molecule is CN(c1ccc(C#N)cc1)c1ccc(/C=C/c2ccccc2)cc1. The van der Waals surface area contributed by atoms with Gasteiger partial charge in [0.2, 0.25) is 0 Å². The van der Waals surface area contributed by atoms with Gasteiger partial charge in [0.1, 0.15) is 0 Å². The summed E-state index contributed by atoms with van der Waals surface area (Å²) in [4.78, 5) is 2.10. The topological polar surface area (TPSA) is 27.0 Å². The van der Waals surface area contributed by atoms with Gasteiger partial charge < -0.3 is 4.90 Å². The molecular formula is C22H18N2. The summed E-state index contributed by atoms with van der Waals surface area (Å²) >= 11 is 0. The van der Waals surface area contributed by atoms with E-state index in [1.54, 1.807) is 0 Å². The first-order chi connectivity index (χ1) is 11.8. The summed E-state index contributed by atoms with van der Waals surface area (Å²) in [6, 6.07) is 28.4. The van der Waals surface area contributed by atoms with E-state index in [0.29, 0.717) is 5.56 Å². The van der Waals surface area contributed by atoms with Gasteiger partial charge in [-0.25, -0.2) is 0 Å². The van der Waals surface area contributed by atoms with Gasteiger partial charge in [0.25, 0.3) is 0 Å². The number of hydrogen-bond acceptors (Lipinski definition) is 2. The molecule has 0 saturated heterocycles. The Kier molecular flexibility index (Phi) is 4.74. The lowest BCUT2D eigenvalue weighted by Gasteiger charge is -2.19. The van der Waals surface area contributed by atoms with E-state index in [4.69, 9.17) is 5.26 Å². The van der Waals surface area contributed by atoms with Crippen LogP contribution in [0.5, 0.6) is 0 Å². The van der Waals surface area contributed by atoms with Gasteiger partial charge in [0, 0.05) is 18.4 Å². The molecule has 0 heterocycles. The fraction of sp³-hybridized carbons (Fsp3) is 0.0455. The van der Waals surface area contributed by atoms with E-state index in [2.05, 4.69) is 59.5 Å². The van der Waals surface area contributed by atoms with Crippen LogP contribution in [0.2, 0.25) is 0 Å². The van der Waals surface area contributed by atoms with Crippen LogP contribution in [0.25, 0.3) is 12.2 Å². The summed E-state index contributed by atoms with van der Waals surface area (Å²) < 4.78 is 0. The minimum atomic E-state index is 0.675. The highest BCUT2D eigenvalue weighted by Gasteiger charge is 2.03. The van der Waals surface area contributed by atoms with Crippen molar-refractivity contribution in [3.63, 3.8) is 0 Å². The van der Waals surface area contributed by atoms with E-state index in [0.717, 1.165) is 16.9 Å². The highest BCUT2D eigenvalue weighted by Crippen LogP contribution is 2.24. The van der Waals surface area contributed by atoms with Crippen LogP contribution in [-0.2, 0) is 0 Å². The molecule has 0 spiro atoms. The largest absolute Gasteiger partial charge is 0.345 e. The van der Waals surface area contributed by atoms with Crippen LogP contribution in [0.15, 0.2) is 78.9 Å². The molecule has 0 fully saturated rings. The zero-order valence-electron chi connectivity index (χ0n) is 13.6. The molecule has 116 valence electrons. The van der Waals surface area contributed by atoms with E-state index >= 15 is 0 Å². The van der Waals surface area contributed by atoms with E-state index in [1.165, 1.54) is 5.56 Å². The number of nitriles is 1. The van der Waals surface area contributed by atoms with E-state index < -0.39 is 0 Å². The summed E-state index contributed by atoms with van der Waals surface area (Å²) in [6.07, 6.45) is 4.22. The molecule has 0 radical (unpaired) electrons. The number of hydrogen-bond donors (Lipinski definition) is 0. The first-order valence-corrected chi connectivity index (χ1v) is 7.83. The number of anilines is 2. The molecule has 0 saturated carbocycles. The summed E-state index contributed by atoms with van der Waals surface area (Å²) in [6.45, 7) is 0. The van der Waals surface area contributed by atoms with Gasteiger partial charge in [-0.15, -0.1) is 0 Å². The maximum atomic E-state index is 8.88. The molecule has 3 rings (SSSR count). The smallest absolute Gasteiger partial charge is 0.0991 e. The Morgan fingerprint density at radius 1 is 0.708 bits per heavy atom. The van der Waals surface area contributed by atoms with Crippen LogP contribution in [0, 0.1) is 11.3 Å². The second-order valence-electron chi connectivity index (χ2n) is 5.55. The van der Waals surface area contributed by atoms with Crippen molar-refractivity contribution < 1.29 is 0 Å². The molecule has 0 bridgehead atoms. The normalized spacial score (nSPS) is 10.5. The minimum absolute atomic E-state index is 0.675. The maximum absolute atomic E-state index is 8.88. The maximum Gasteiger partial charge on any atom is 0.0991 e. The summed E-state index contributed by atoms with van der Waals surface area (Å²) in [5, 5.41) is 8.88. The first-order valence-electron chi connectivity index (χ1n) is 7.83. The zero-order chi connectivity index (χ0) is 16.8. The van der Waals surface area contributed by atoms with Crippen molar-refractivity contribution in [3.05, 3.63) is 95.6 Å². The quantitative estimate of drug-likeness (QED) is 0.595. The van der Waals surface area contributed by atoms with Gasteiger partial charge in [0.15, 0.2) is 0 Å². The molecular weight excluding hydrogens is 292 g/mol. The number of nitrogens with zero attached hydrogens (tertiary/aromatic N) is 2. The molecule has 0 atom stereocenters. The standard InChI is InChI=1S/C22H18N2/c1-24(22-15-11-20(17-23)12-16-22)21-13-9-19(10-14-21)8-7-18-5-3-2-4-6-18/h2-16H,1H3/b8-7+. The summed E-state index contributed by atoms with van der Waals surface area (Å²) in [5.74, 6) is 0. The van der Waals surface area contributed by atoms with E-state index in [1.807, 2.05) is 49.5 Å². The zero-order valence-corrected chi connectivity index (χ0v) is 13.6. The predicted molar refractivity (Wildman–Crippen MR) is 101 cm³/mol. The van der Waals surface area contributed by atoms with E-state index in [-0.39, 0.29) is 0 Å². The highest BCUT2D eigenvalue weighted by molar-refractivity contribution is 5.71. The van der Waals surface area contributed by atoms with Gasteiger partial charge in [0.05, 0.1) is 11.6 Å². The average Bonchev–Trinajstić information content (AvgIpc) is 2.67. The Labute approximate surface area is 142 Å². The Morgan fingerprint density at radius 3 is 1.75 bits per heavy atom. The molecule has 0 aromatic heterocycles. The fourth-order valence-electron chi connectivity index (χ4n) is 2.47. The molecule has 0 aliphatic carbocycles. The van der Waals surface area contributed by atoms with E-state index in [9.17, 15) is 0 Å². The predicted octanol–water partition coefficient (Wildman–Crippen LogP) is 5.50. The molecule has 2 heteroatoms. The monoisotopic (exact) mass is 310 g/mol. The molecule has 0 N–H and O–H groups in total. The molecule has 0 unspecified atom stereocenters. The van der Waals surface area contributed by atoms with Crippen LogP contribution < -0.4 is 4.90 Å². The average molecular weight is 310 g/mol. The lowest BCUT2D eigenvalue weighted by Crippen LogP contribution is -2.08. The van der Waals surface area contributed by atoms with Crippen LogP contribution in [0.1, 0.15) is 16.7 Å². The van der Waals surface area contributed by atoms with Crippen LogP contribution in [-0.4, -0.2) is 7.05 Å². The Bertz CT molecular complexity index is 855. The molecule has 3 aromatic rings. The third-order valence-corrected chi connectivity index (χ3v) is 3.93. The van der Waals surface area contributed by atoms with Gasteiger partial charge in [-0.3, -0.25) is 0 Å². The number of rotatable bonds is 4. The second kappa shape index (κ2) is 7.30. The highest BCUT2D eigenvalue weighted by atomic mass is 15.1. The van der Waals surface area contributed by atoms with Gasteiger partial charge in [-0.1, -0.05) is 54.6 Å². The van der Waals surface area contributed by atoms with Crippen molar-refractivity contribution in [2.24, 2.45) is 0 Å². The Hall–Kier alpha value is -3.31. The van der Waals surface area contributed by atoms with Crippen molar-refractivity contribution in [1.29, 1.82) is 5.26 Å². The second-order valence-corrected chi connectivity index (χ2v) is 5.55. The molecule has 24 heavy (non-hydrogen) atoms. The van der Waals surface area contributed by atoms with Crippen molar-refractivity contribution in [2.75, 3.05) is 11.9 Å². The van der Waals surface area contributed by atoms with Gasteiger partial charge >= 0.3 is 0 Å². The molecule has 0 amide bonds. The molecule has 0 aliphatic rings. The minimum Gasteiger partial charge on any atom is -0.345 e. The Morgan fingerprint density at radius 2 is 1.21 bits per heavy atom. The van der Waals surface area contributed by atoms with Crippen LogP contribution >= 0.6 is 0 Å². The van der Waals surface area contributed by atoms with Gasteiger partial charge in [-0.05, 0) is 47.5 Å². The van der Waals surface area contributed by atoms with Crippen molar-refractivity contribution >= 4 is 23.5 Å². The summed E-state index contributed by atoms with van der Waals surface area (Å²) in [5.41, 5.74) is 5.19. The summed E-state index contributed by atoms with van der Waals surface area (Å²) in [7, 11) is 2.02. The van der Waals surface area contributed by atoms with Crippen molar-refractivity contribution in [1.82, 2.24) is 0 Å². The van der Waals surface area contributed by atoms with Crippen molar-refractivity contribution in [3.8, 4) is 6.07 Å². The lowest BCUT2D eigenvalue weighted by molar-refractivity contribution is 1.21. The molecule has 3 aromatic carbocycles. The lowest BCUT2D eigenvalue weighted by atomic mass is 10.1. The number of benzene rings is 3. The van der Waals surface area contributed by atoms with Gasteiger partial charge in [-0.2, -0.15) is 5.26 Å². The van der Waals surface area contributed by atoms with Crippen LogP contribution in [0.3, 0.4) is 0 Å². The van der Waals surface area contributed by atoms with Crippen molar-refractivity contribution in [2.45, 2.75) is 0 Å². The molecule has 0 aliphatic heterocycles. The fourth-order valence-corrected chi connectivity index (χ4v) is 2.47. The van der Waals surface area contributed by atoms with Crippen LogP contribution in [0.4, 0.5) is 11.4 Å². The third kappa shape index (κ3) is 3.71. The molecule has 2 nitrogen and oxygen atoms in total.